The number of rotatable bonds is 5. The van der Waals surface area contributed by atoms with Crippen LogP contribution in [0.15, 0.2) is 70.2 Å². The SMILES string of the molecule is Cc1ccc(S(=O)(=O)n2c(-c3ccc(O[C@@H]4C[C@@H]5C[C@H]4CN5C)cc3)cc3c(Br)c(C)cnc32)cc1. The summed E-state index contributed by atoms with van der Waals surface area (Å²) in [7, 11) is -1.70. The fourth-order valence-electron chi connectivity index (χ4n) is 5.61. The molecule has 2 aromatic heterocycles. The highest BCUT2D eigenvalue weighted by molar-refractivity contribution is 9.10. The number of fused-ring (bicyclic) bond motifs is 3. The smallest absolute Gasteiger partial charge is 0.269 e. The Morgan fingerprint density at radius 1 is 1.03 bits per heavy atom. The number of nitrogens with zero attached hydrogens (tertiary/aromatic N) is 3. The zero-order valence-corrected chi connectivity index (χ0v) is 22.9. The summed E-state index contributed by atoms with van der Waals surface area (Å²) in [6.07, 6.45) is 4.21. The van der Waals surface area contributed by atoms with Crippen molar-refractivity contribution in [2.24, 2.45) is 5.92 Å². The first kappa shape index (κ1) is 23.7. The van der Waals surface area contributed by atoms with Gasteiger partial charge in [0.25, 0.3) is 10.0 Å². The lowest BCUT2D eigenvalue weighted by Crippen LogP contribution is -2.37. The topological polar surface area (TPSA) is 64.4 Å². The molecule has 3 heterocycles. The van der Waals surface area contributed by atoms with Crippen molar-refractivity contribution >= 4 is 37.0 Å². The van der Waals surface area contributed by atoms with Gasteiger partial charge in [0.1, 0.15) is 11.9 Å². The lowest BCUT2D eigenvalue weighted by molar-refractivity contribution is 0.105. The van der Waals surface area contributed by atoms with Crippen LogP contribution in [0.2, 0.25) is 0 Å². The number of hydrogen-bond acceptors (Lipinski definition) is 5. The van der Waals surface area contributed by atoms with Gasteiger partial charge in [-0.1, -0.05) is 17.7 Å². The largest absolute Gasteiger partial charge is 0.490 e. The second-order valence-corrected chi connectivity index (χ2v) is 12.7. The van der Waals surface area contributed by atoms with Crippen LogP contribution in [0.5, 0.6) is 5.75 Å². The molecule has 4 aromatic rings. The molecule has 3 atom stereocenters. The Hall–Kier alpha value is -2.68. The van der Waals surface area contributed by atoms with Crippen LogP contribution in [-0.2, 0) is 10.0 Å². The first-order valence-corrected chi connectivity index (χ1v) is 14.4. The molecule has 2 bridgehead atoms. The van der Waals surface area contributed by atoms with Gasteiger partial charge in [0.05, 0.1) is 10.6 Å². The minimum atomic E-state index is -3.89. The average molecular weight is 567 g/mol. The van der Waals surface area contributed by atoms with Crippen molar-refractivity contribution in [3.63, 3.8) is 0 Å². The molecule has 6 nitrogen and oxygen atoms in total. The standard InChI is InChI=1S/C28H28BrN3O3S/c1-17-4-10-23(11-5-17)36(33,34)32-25(14-24-27(29)18(2)15-30-28(24)32)19-6-8-22(9-7-19)35-26-13-21-12-20(26)16-31(21)3/h4-11,14-15,20-21,26H,12-13,16H2,1-3H3/t20-,21-,26+/m0/s1. The Bertz CT molecular complexity index is 1560. The molecule has 1 saturated carbocycles. The molecule has 186 valence electrons. The van der Waals surface area contributed by atoms with E-state index >= 15 is 0 Å². The van der Waals surface area contributed by atoms with E-state index in [-0.39, 0.29) is 11.0 Å². The van der Waals surface area contributed by atoms with E-state index in [0.29, 0.717) is 23.3 Å². The Morgan fingerprint density at radius 2 is 1.75 bits per heavy atom. The summed E-state index contributed by atoms with van der Waals surface area (Å²) in [5, 5.41) is 0.757. The van der Waals surface area contributed by atoms with Gasteiger partial charge < -0.3 is 9.64 Å². The zero-order chi connectivity index (χ0) is 25.2. The van der Waals surface area contributed by atoms with Gasteiger partial charge in [0, 0.05) is 41.0 Å². The molecule has 1 aliphatic heterocycles. The van der Waals surface area contributed by atoms with Gasteiger partial charge in [0.2, 0.25) is 0 Å². The fourth-order valence-corrected chi connectivity index (χ4v) is 7.48. The number of benzene rings is 2. The van der Waals surface area contributed by atoms with E-state index in [1.807, 2.05) is 56.3 Å². The maximum Gasteiger partial charge on any atom is 0.269 e. The summed E-state index contributed by atoms with van der Waals surface area (Å²) < 4.78 is 36.3. The molecule has 0 N–H and O–H groups in total. The second kappa shape index (κ2) is 8.71. The molecule has 2 fully saturated rings. The number of piperidine rings is 1. The van der Waals surface area contributed by atoms with Crippen molar-refractivity contribution in [1.82, 2.24) is 13.9 Å². The number of ether oxygens (including phenoxy) is 1. The molecule has 0 amide bonds. The minimum Gasteiger partial charge on any atom is -0.490 e. The number of likely N-dealkylation sites (tertiary alicyclic amines) is 1. The molecule has 0 unspecified atom stereocenters. The van der Waals surface area contributed by atoms with Gasteiger partial charge in [0.15, 0.2) is 5.65 Å². The summed E-state index contributed by atoms with van der Waals surface area (Å²) in [6.45, 7) is 4.97. The number of halogens is 1. The van der Waals surface area contributed by atoms with Crippen molar-refractivity contribution in [2.75, 3.05) is 13.6 Å². The first-order chi connectivity index (χ1) is 17.2. The normalized spacial score (nSPS) is 21.9. The van der Waals surface area contributed by atoms with Crippen molar-refractivity contribution in [3.8, 4) is 17.0 Å². The summed E-state index contributed by atoms with van der Waals surface area (Å²) in [5.74, 6) is 1.40. The van der Waals surface area contributed by atoms with Crippen molar-refractivity contribution in [2.45, 2.75) is 43.7 Å². The Labute approximate surface area is 220 Å². The van der Waals surface area contributed by atoms with E-state index in [9.17, 15) is 8.42 Å². The average Bonchev–Trinajstić information content (AvgIpc) is 3.55. The number of hydrogen-bond donors (Lipinski definition) is 0. The molecule has 36 heavy (non-hydrogen) atoms. The third-order valence-corrected chi connectivity index (χ3v) is 10.4. The lowest BCUT2D eigenvalue weighted by atomic mass is 10.1. The summed E-state index contributed by atoms with van der Waals surface area (Å²) in [4.78, 5) is 7.19. The third kappa shape index (κ3) is 3.86. The maximum absolute atomic E-state index is 13.9. The fraction of sp³-hybridized carbons (Fsp3) is 0.321. The molecule has 1 aliphatic carbocycles. The number of aromatic nitrogens is 2. The summed E-state index contributed by atoms with van der Waals surface area (Å²) in [6, 6.07) is 17.2. The molecule has 0 spiro atoms. The Kier molecular flexibility index (Phi) is 5.74. The van der Waals surface area contributed by atoms with E-state index in [1.54, 1.807) is 18.3 Å². The van der Waals surface area contributed by atoms with Crippen molar-refractivity contribution < 1.29 is 13.2 Å². The molecule has 2 aliphatic rings. The number of pyridine rings is 1. The summed E-state index contributed by atoms with van der Waals surface area (Å²) >= 11 is 3.64. The van der Waals surface area contributed by atoms with Crippen LogP contribution in [0.4, 0.5) is 0 Å². The monoisotopic (exact) mass is 565 g/mol. The van der Waals surface area contributed by atoms with Crippen molar-refractivity contribution in [3.05, 3.63) is 76.4 Å². The molecule has 6 rings (SSSR count). The lowest BCUT2D eigenvalue weighted by Gasteiger charge is -2.28. The van der Waals surface area contributed by atoms with Gasteiger partial charge in [-0.25, -0.2) is 17.4 Å². The minimum absolute atomic E-state index is 0.228. The highest BCUT2D eigenvalue weighted by Gasteiger charge is 2.44. The van der Waals surface area contributed by atoms with Crippen LogP contribution in [0.25, 0.3) is 22.3 Å². The Morgan fingerprint density at radius 3 is 2.39 bits per heavy atom. The number of aryl methyl sites for hydroxylation is 2. The van der Waals surface area contributed by atoms with Gasteiger partial charge in [-0.15, -0.1) is 0 Å². The van der Waals surface area contributed by atoms with E-state index in [2.05, 4.69) is 32.9 Å². The molecular weight excluding hydrogens is 538 g/mol. The molecule has 0 radical (unpaired) electrons. The van der Waals surface area contributed by atoms with Crippen LogP contribution in [0.3, 0.4) is 0 Å². The van der Waals surface area contributed by atoms with Crippen LogP contribution >= 0.6 is 15.9 Å². The van der Waals surface area contributed by atoms with Gasteiger partial charge in [-0.2, -0.15) is 0 Å². The van der Waals surface area contributed by atoms with Gasteiger partial charge in [-0.05, 0) is 96.8 Å². The van der Waals surface area contributed by atoms with Crippen LogP contribution < -0.4 is 4.74 Å². The van der Waals surface area contributed by atoms with Gasteiger partial charge >= 0.3 is 0 Å². The van der Waals surface area contributed by atoms with Crippen LogP contribution in [0, 0.1) is 19.8 Å². The Balaban J connectivity index is 1.41. The highest BCUT2D eigenvalue weighted by atomic mass is 79.9. The van der Waals surface area contributed by atoms with E-state index in [1.165, 1.54) is 10.4 Å². The maximum atomic E-state index is 13.9. The molecule has 1 saturated heterocycles. The third-order valence-electron chi connectivity index (χ3n) is 7.64. The second-order valence-electron chi connectivity index (χ2n) is 10.1. The zero-order valence-electron chi connectivity index (χ0n) is 20.5. The highest BCUT2D eigenvalue weighted by Crippen LogP contribution is 2.40. The van der Waals surface area contributed by atoms with Crippen LogP contribution in [0.1, 0.15) is 24.0 Å². The predicted molar refractivity (Wildman–Crippen MR) is 145 cm³/mol. The molecule has 2 aromatic carbocycles. The summed E-state index contributed by atoms with van der Waals surface area (Å²) in [5.41, 5.74) is 3.69. The van der Waals surface area contributed by atoms with Crippen LogP contribution in [-0.4, -0.2) is 48.0 Å². The predicted octanol–water partition coefficient (Wildman–Crippen LogP) is 5.79. The molecule has 8 heteroatoms. The van der Waals surface area contributed by atoms with E-state index in [4.69, 9.17) is 4.74 Å². The quantitative estimate of drug-likeness (QED) is 0.306. The first-order valence-electron chi connectivity index (χ1n) is 12.2. The van der Waals surface area contributed by atoms with E-state index in [0.717, 1.165) is 45.3 Å². The molecular formula is C28H28BrN3O3S. The van der Waals surface area contributed by atoms with Crippen molar-refractivity contribution in [1.29, 1.82) is 0 Å². The van der Waals surface area contributed by atoms with Gasteiger partial charge in [-0.3, -0.25) is 0 Å². The van der Waals surface area contributed by atoms with E-state index < -0.39 is 10.0 Å².